The lowest BCUT2D eigenvalue weighted by atomic mass is 10.2. The number of fused-ring (bicyclic) bond motifs is 2. The highest BCUT2D eigenvalue weighted by atomic mass is 35.5. The summed E-state index contributed by atoms with van der Waals surface area (Å²) in [5.41, 5.74) is 0. The van der Waals surface area contributed by atoms with Gasteiger partial charge >= 0.3 is 0 Å². The normalized spacial score (nSPS) is 12.2. The Hall–Kier alpha value is -0.800. The fourth-order valence-corrected chi connectivity index (χ4v) is 2.29. The average molecular weight is 322 g/mol. The Bertz CT molecular complexity index is 600. The summed E-state index contributed by atoms with van der Waals surface area (Å²) in [4.78, 5) is 0. The molecule has 6 heteroatoms. The summed E-state index contributed by atoms with van der Waals surface area (Å²) in [6.07, 6.45) is 0. The summed E-state index contributed by atoms with van der Waals surface area (Å²) in [5, 5.41) is 1.30. The minimum atomic E-state index is 0.274. The largest absolute Gasteiger partial charge is 0.449 e. The van der Waals surface area contributed by atoms with Gasteiger partial charge in [-0.05, 0) is 24.3 Å². The van der Waals surface area contributed by atoms with Crippen molar-refractivity contribution in [2.24, 2.45) is 0 Å². The standard InChI is InChI=1S/C12H4Cl4O2/c13-5-1-3-7-11(9(5)15)18-12-8(17-7)4-2-6(14)10(12)16/h1-4H. The van der Waals surface area contributed by atoms with Gasteiger partial charge in [0.05, 0.1) is 10.0 Å². The minimum absolute atomic E-state index is 0.274. The number of rotatable bonds is 0. The van der Waals surface area contributed by atoms with Gasteiger partial charge in [0.2, 0.25) is 0 Å². The summed E-state index contributed by atoms with van der Waals surface area (Å²) in [6, 6.07) is 6.62. The van der Waals surface area contributed by atoms with Crippen LogP contribution in [0, 0.1) is 0 Å². The van der Waals surface area contributed by atoms with Gasteiger partial charge in [-0.2, -0.15) is 0 Å². The summed E-state index contributed by atoms with van der Waals surface area (Å²) in [6.45, 7) is 0. The van der Waals surface area contributed by atoms with Crippen molar-refractivity contribution in [2.75, 3.05) is 0 Å². The highest BCUT2D eigenvalue weighted by Gasteiger charge is 2.25. The molecule has 0 aliphatic carbocycles. The van der Waals surface area contributed by atoms with Crippen LogP contribution in [0.25, 0.3) is 0 Å². The molecule has 0 saturated carbocycles. The maximum atomic E-state index is 6.06. The quantitative estimate of drug-likeness (QED) is 0.491. The van der Waals surface area contributed by atoms with E-state index in [2.05, 4.69) is 0 Å². The van der Waals surface area contributed by atoms with Crippen LogP contribution < -0.4 is 9.47 Å². The fraction of sp³-hybridized carbons (Fsp3) is 0. The number of benzene rings is 2. The molecule has 0 spiro atoms. The molecule has 0 bridgehead atoms. The van der Waals surface area contributed by atoms with Crippen LogP contribution in [-0.4, -0.2) is 0 Å². The van der Waals surface area contributed by atoms with Gasteiger partial charge in [0.15, 0.2) is 23.0 Å². The maximum Gasteiger partial charge on any atom is 0.190 e. The first-order chi connectivity index (χ1) is 8.58. The van der Waals surface area contributed by atoms with E-state index in [1.54, 1.807) is 24.3 Å². The van der Waals surface area contributed by atoms with Crippen LogP contribution in [-0.2, 0) is 0 Å². The molecule has 0 aromatic heterocycles. The number of hydrogen-bond acceptors (Lipinski definition) is 2. The van der Waals surface area contributed by atoms with E-state index in [0.717, 1.165) is 0 Å². The molecule has 2 aromatic rings. The third-order valence-electron chi connectivity index (χ3n) is 2.45. The number of ether oxygens (including phenoxy) is 2. The second kappa shape index (κ2) is 4.39. The van der Waals surface area contributed by atoms with E-state index in [0.29, 0.717) is 33.0 Å². The Morgan fingerprint density at radius 2 is 1.06 bits per heavy atom. The van der Waals surface area contributed by atoms with Crippen molar-refractivity contribution in [3.63, 3.8) is 0 Å². The lowest BCUT2D eigenvalue weighted by Gasteiger charge is -2.22. The van der Waals surface area contributed by atoms with Gasteiger partial charge in [-0.1, -0.05) is 46.4 Å². The summed E-state index contributed by atoms with van der Waals surface area (Å²) >= 11 is 23.9. The zero-order chi connectivity index (χ0) is 12.9. The van der Waals surface area contributed by atoms with Crippen molar-refractivity contribution in [1.82, 2.24) is 0 Å². The molecule has 1 heterocycles. The van der Waals surface area contributed by atoms with E-state index in [4.69, 9.17) is 55.9 Å². The Labute approximate surface area is 123 Å². The molecule has 1 aliphatic rings. The average Bonchev–Trinajstić information content (AvgIpc) is 2.37. The highest BCUT2D eigenvalue weighted by molar-refractivity contribution is 6.44. The molecular weight excluding hydrogens is 318 g/mol. The molecule has 0 unspecified atom stereocenters. The van der Waals surface area contributed by atoms with Crippen LogP contribution in [0.5, 0.6) is 23.0 Å². The van der Waals surface area contributed by atoms with Crippen molar-refractivity contribution >= 4 is 46.4 Å². The summed E-state index contributed by atoms with van der Waals surface area (Å²) in [5.74, 6) is 1.63. The van der Waals surface area contributed by atoms with Gasteiger partial charge in [-0.3, -0.25) is 0 Å². The molecule has 1 aliphatic heterocycles. The van der Waals surface area contributed by atoms with E-state index in [1.165, 1.54) is 0 Å². The van der Waals surface area contributed by atoms with Crippen LogP contribution in [0.15, 0.2) is 24.3 Å². The van der Waals surface area contributed by atoms with Gasteiger partial charge in [0.25, 0.3) is 0 Å². The van der Waals surface area contributed by atoms with E-state index in [-0.39, 0.29) is 10.0 Å². The Morgan fingerprint density at radius 1 is 0.611 bits per heavy atom. The van der Waals surface area contributed by atoms with Gasteiger partial charge in [0, 0.05) is 0 Å². The lowest BCUT2D eigenvalue weighted by Crippen LogP contribution is -2.00. The van der Waals surface area contributed by atoms with Crippen molar-refractivity contribution in [1.29, 1.82) is 0 Å². The molecule has 18 heavy (non-hydrogen) atoms. The summed E-state index contributed by atoms with van der Waals surface area (Å²) in [7, 11) is 0. The topological polar surface area (TPSA) is 18.5 Å². The Morgan fingerprint density at radius 3 is 1.50 bits per heavy atom. The van der Waals surface area contributed by atoms with Crippen LogP contribution in [0.3, 0.4) is 0 Å². The minimum Gasteiger partial charge on any atom is -0.449 e. The molecule has 0 N–H and O–H groups in total. The zero-order valence-electron chi connectivity index (χ0n) is 8.64. The molecule has 3 rings (SSSR count). The Balaban J connectivity index is 2.19. The smallest absolute Gasteiger partial charge is 0.190 e. The second-order valence-electron chi connectivity index (χ2n) is 3.58. The molecule has 0 fully saturated rings. The van der Waals surface area contributed by atoms with Crippen LogP contribution in [0.2, 0.25) is 20.1 Å². The van der Waals surface area contributed by atoms with Gasteiger partial charge in [0.1, 0.15) is 10.0 Å². The number of halogens is 4. The fourth-order valence-electron chi connectivity index (χ4n) is 1.60. The van der Waals surface area contributed by atoms with Gasteiger partial charge < -0.3 is 9.47 Å². The summed E-state index contributed by atoms with van der Waals surface area (Å²) < 4.78 is 11.3. The maximum absolute atomic E-state index is 6.06. The first-order valence-electron chi connectivity index (χ1n) is 4.89. The van der Waals surface area contributed by atoms with Gasteiger partial charge in [-0.25, -0.2) is 0 Å². The monoisotopic (exact) mass is 320 g/mol. The molecule has 2 nitrogen and oxygen atoms in total. The third kappa shape index (κ3) is 1.81. The van der Waals surface area contributed by atoms with Crippen molar-refractivity contribution in [3.05, 3.63) is 44.4 Å². The predicted octanol–water partition coefficient (Wildman–Crippen LogP) is 6.20. The van der Waals surface area contributed by atoms with Crippen molar-refractivity contribution in [3.8, 4) is 23.0 Å². The lowest BCUT2D eigenvalue weighted by molar-refractivity contribution is 0.360. The second-order valence-corrected chi connectivity index (χ2v) is 5.15. The molecule has 2 aromatic carbocycles. The predicted molar refractivity (Wildman–Crippen MR) is 73.1 cm³/mol. The highest BCUT2D eigenvalue weighted by Crippen LogP contribution is 2.53. The van der Waals surface area contributed by atoms with Crippen LogP contribution in [0.4, 0.5) is 0 Å². The van der Waals surface area contributed by atoms with E-state index >= 15 is 0 Å². The first-order valence-corrected chi connectivity index (χ1v) is 6.41. The van der Waals surface area contributed by atoms with Crippen molar-refractivity contribution < 1.29 is 9.47 Å². The zero-order valence-corrected chi connectivity index (χ0v) is 11.7. The molecule has 0 saturated heterocycles. The molecule has 0 radical (unpaired) electrons. The van der Waals surface area contributed by atoms with E-state index in [1.807, 2.05) is 0 Å². The van der Waals surface area contributed by atoms with Crippen LogP contribution >= 0.6 is 46.4 Å². The van der Waals surface area contributed by atoms with Gasteiger partial charge in [-0.15, -0.1) is 0 Å². The van der Waals surface area contributed by atoms with E-state index in [9.17, 15) is 0 Å². The third-order valence-corrected chi connectivity index (χ3v) is 4.03. The number of hydrogen-bond donors (Lipinski definition) is 0. The molecular formula is C12H4Cl4O2. The van der Waals surface area contributed by atoms with Crippen molar-refractivity contribution in [2.45, 2.75) is 0 Å². The first kappa shape index (κ1) is 12.2. The Kier molecular flexibility index (Phi) is 2.99. The molecule has 0 amide bonds. The van der Waals surface area contributed by atoms with Crippen LogP contribution in [0.1, 0.15) is 0 Å². The molecule has 0 atom stereocenters. The molecule has 92 valence electrons. The van der Waals surface area contributed by atoms with E-state index < -0.39 is 0 Å². The SMILES string of the molecule is Clc1ccc2c(c1Cl)Oc1c(ccc(Cl)c1Cl)O2.